The normalized spacial score (nSPS) is 10.5. The van der Waals surface area contributed by atoms with E-state index in [-0.39, 0.29) is 11.3 Å². The number of nitrogen functional groups attached to an aromatic ring is 1. The standard InChI is InChI=1S/C14H11ClF2N2O2/c15-9-4-8(5-10(18)6-9)13(20)19-11-2-1-3-12(7-11)21-14(16)17/h1-7,14H,18H2,(H,19,20). The number of halogens is 3. The van der Waals surface area contributed by atoms with E-state index in [2.05, 4.69) is 10.1 Å². The molecule has 0 aliphatic rings. The molecule has 0 saturated carbocycles. The van der Waals surface area contributed by atoms with Crippen molar-refractivity contribution in [3.8, 4) is 5.75 Å². The van der Waals surface area contributed by atoms with Crippen LogP contribution in [0.3, 0.4) is 0 Å². The summed E-state index contributed by atoms with van der Waals surface area (Å²) in [4.78, 5) is 12.0. The number of carbonyl (C=O) groups excluding carboxylic acids is 1. The van der Waals surface area contributed by atoms with Crippen molar-refractivity contribution in [2.24, 2.45) is 0 Å². The molecule has 0 heterocycles. The zero-order chi connectivity index (χ0) is 15.4. The minimum atomic E-state index is -2.93. The first-order valence-electron chi connectivity index (χ1n) is 5.86. The molecule has 1 amide bonds. The molecular formula is C14H11ClF2N2O2. The fraction of sp³-hybridized carbons (Fsp3) is 0.0714. The molecule has 2 aromatic rings. The molecule has 0 fully saturated rings. The van der Waals surface area contributed by atoms with Gasteiger partial charge in [-0.15, -0.1) is 0 Å². The molecule has 0 unspecified atom stereocenters. The number of carbonyl (C=O) groups is 1. The predicted molar refractivity (Wildman–Crippen MR) is 76.9 cm³/mol. The zero-order valence-electron chi connectivity index (χ0n) is 10.6. The fourth-order valence-corrected chi connectivity index (χ4v) is 1.94. The van der Waals surface area contributed by atoms with Crippen molar-refractivity contribution in [3.05, 3.63) is 53.1 Å². The van der Waals surface area contributed by atoms with Gasteiger partial charge in [-0.3, -0.25) is 4.79 Å². The number of hydrogen-bond acceptors (Lipinski definition) is 3. The molecule has 0 atom stereocenters. The van der Waals surface area contributed by atoms with Crippen LogP contribution in [0.15, 0.2) is 42.5 Å². The van der Waals surface area contributed by atoms with Crippen LogP contribution >= 0.6 is 11.6 Å². The number of nitrogens with two attached hydrogens (primary N) is 1. The minimum absolute atomic E-state index is 0.0478. The molecule has 0 saturated heterocycles. The average Bonchev–Trinajstić information content (AvgIpc) is 2.37. The summed E-state index contributed by atoms with van der Waals surface area (Å²) < 4.78 is 28.5. The van der Waals surface area contributed by atoms with Crippen molar-refractivity contribution in [2.75, 3.05) is 11.1 Å². The Morgan fingerprint density at radius 2 is 2.00 bits per heavy atom. The van der Waals surface area contributed by atoms with Crippen LogP contribution in [0.1, 0.15) is 10.4 Å². The van der Waals surface area contributed by atoms with Crippen LogP contribution in [0.2, 0.25) is 5.02 Å². The molecular weight excluding hydrogens is 302 g/mol. The van der Waals surface area contributed by atoms with Gasteiger partial charge in [0.15, 0.2) is 0 Å². The van der Waals surface area contributed by atoms with Crippen molar-refractivity contribution < 1.29 is 18.3 Å². The first-order chi connectivity index (χ1) is 9.94. The number of amides is 1. The number of nitrogens with one attached hydrogen (secondary N) is 1. The van der Waals surface area contributed by atoms with Crippen LogP contribution < -0.4 is 15.8 Å². The SMILES string of the molecule is Nc1cc(Cl)cc(C(=O)Nc2cccc(OC(F)F)c2)c1. The van der Waals surface area contributed by atoms with E-state index in [0.717, 1.165) is 0 Å². The second-order valence-corrected chi connectivity index (χ2v) is 4.57. The molecule has 2 rings (SSSR count). The largest absolute Gasteiger partial charge is 0.435 e. The lowest BCUT2D eigenvalue weighted by molar-refractivity contribution is -0.0497. The number of anilines is 2. The summed E-state index contributed by atoms with van der Waals surface area (Å²) in [5.41, 5.74) is 6.53. The third-order valence-corrected chi connectivity index (χ3v) is 2.72. The fourth-order valence-electron chi connectivity index (χ4n) is 1.70. The van der Waals surface area contributed by atoms with Crippen molar-refractivity contribution in [3.63, 3.8) is 0 Å². The zero-order valence-corrected chi connectivity index (χ0v) is 11.4. The highest BCUT2D eigenvalue weighted by molar-refractivity contribution is 6.31. The first-order valence-corrected chi connectivity index (χ1v) is 6.24. The third-order valence-electron chi connectivity index (χ3n) is 2.50. The van der Waals surface area contributed by atoms with Crippen LogP contribution in [0.5, 0.6) is 5.75 Å². The highest BCUT2D eigenvalue weighted by atomic mass is 35.5. The summed E-state index contributed by atoms with van der Waals surface area (Å²) >= 11 is 5.82. The Balaban J connectivity index is 2.15. The molecule has 0 aromatic heterocycles. The molecule has 7 heteroatoms. The quantitative estimate of drug-likeness (QED) is 0.845. The van der Waals surface area contributed by atoms with E-state index in [1.54, 1.807) is 6.07 Å². The van der Waals surface area contributed by atoms with E-state index >= 15 is 0 Å². The summed E-state index contributed by atoms with van der Waals surface area (Å²) in [6.07, 6.45) is 0. The number of ether oxygens (including phenoxy) is 1. The van der Waals surface area contributed by atoms with Crippen molar-refractivity contribution in [2.45, 2.75) is 6.61 Å². The molecule has 3 N–H and O–H groups in total. The molecule has 0 bridgehead atoms. The van der Waals surface area contributed by atoms with Crippen molar-refractivity contribution >= 4 is 28.9 Å². The van der Waals surface area contributed by atoms with Gasteiger partial charge in [0, 0.05) is 28.0 Å². The Morgan fingerprint density at radius 1 is 1.24 bits per heavy atom. The molecule has 0 radical (unpaired) electrons. The summed E-state index contributed by atoms with van der Waals surface area (Å²) in [5.74, 6) is -0.508. The molecule has 0 aliphatic heterocycles. The van der Waals surface area contributed by atoms with Gasteiger partial charge in [-0.1, -0.05) is 17.7 Å². The second kappa shape index (κ2) is 6.41. The third kappa shape index (κ3) is 4.32. The summed E-state index contributed by atoms with van der Waals surface area (Å²) in [5, 5.41) is 2.88. The Hall–Kier alpha value is -2.34. The monoisotopic (exact) mass is 312 g/mol. The molecule has 0 spiro atoms. The molecule has 2 aromatic carbocycles. The number of alkyl halides is 2. The molecule has 110 valence electrons. The highest BCUT2D eigenvalue weighted by Gasteiger charge is 2.10. The van der Waals surface area contributed by atoms with Crippen LogP contribution in [0.4, 0.5) is 20.2 Å². The van der Waals surface area contributed by atoms with Gasteiger partial charge in [0.1, 0.15) is 5.75 Å². The van der Waals surface area contributed by atoms with Gasteiger partial charge in [-0.25, -0.2) is 0 Å². The lowest BCUT2D eigenvalue weighted by Gasteiger charge is -2.09. The van der Waals surface area contributed by atoms with E-state index in [9.17, 15) is 13.6 Å². The minimum Gasteiger partial charge on any atom is -0.435 e. The van der Waals surface area contributed by atoms with Crippen LogP contribution in [0, 0.1) is 0 Å². The first kappa shape index (κ1) is 15.1. The lowest BCUT2D eigenvalue weighted by Crippen LogP contribution is -2.12. The Kier molecular flexibility index (Phi) is 4.59. The molecule has 0 aliphatic carbocycles. The van der Waals surface area contributed by atoms with Gasteiger partial charge in [0.05, 0.1) is 0 Å². The number of hydrogen-bond donors (Lipinski definition) is 2. The van der Waals surface area contributed by atoms with Crippen molar-refractivity contribution in [1.82, 2.24) is 0 Å². The summed E-state index contributed by atoms with van der Waals surface area (Å²) in [7, 11) is 0. The van der Waals surface area contributed by atoms with Gasteiger partial charge in [-0.2, -0.15) is 8.78 Å². The van der Waals surface area contributed by atoms with Gasteiger partial charge in [0.2, 0.25) is 0 Å². The summed E-state index contributed by atoms with van der Waals surface area (Å²) in [6.45, 7) is -2.93. The van der Waals surface area contributed by atoms with E-state index in [1.807, 2.05) is 0 Å². The smallest absolute Gasteiger partial charge is 0.387 e. The average molecular weight is 313 g/mol. The van der Waals surface area contributed by atoms with Gasteiger partial charge in [-0.05, 0) is 30.3 Å². The highest BCUT2D eigenvalue weighted by Crippen LogP contribution is 2.21. The Morgan fingerprint density at radius 3 is 2.67 bits per heavy atom. The lowest BCUT2D eigenvalue weighted by atomic mass is 10.2. The van der Waals surface area contributed by atoms with Crippen LogP contribution in [-0.2, 0) is 0 Å². The van der Waals surface area contributed by atoms with Gasteiger partial charge in [0.25, 0.3) is 5.91 Å². The summed E-state index contributed by atoms with van der Waals surface area (Å²) in [6, 6.07) is 10.1. The van der Waals surface area contributed by atoms with E-state index in [0.29, 0.717) is 16.4 Å². The predicted octanol–water partition coefficient (Wildman–Crippen LogP) is 3.78. The molecule has 4 nitrogen and oxygen atoms in total. The van der Waals surface area contributed by atoms with Crippen molar-refractivity contribution in [1.29, 1.82) is 0 Å². The van der Waals surface area contributed by atoms with Crippen LogP contribution in [0.25, 0.3) is 0 Å². The van der Waals surface area contributed by atoms with Gasteiger partial charge >= 0.3 is 6.61 Å². The van der Waals surface area contributed by atoms with Gasteiger partial charge < -0.3 is 15.8 Å². The van der Waals surface area contributed by atoms with E-state index in [4.69, 9.17) is 17.3 Å². The topological polar surface area (TPSA) is 64.4 Å². The maximum Gasteiger partial charge on any atom is 0.387 e. The second-order valence-electron chi connectivity index (χ2n) is 4.13. The van der Waals surface area contributed by atoms with E-state index in [1.165, 1.54) is 36.4 Å². The Labute approximate surface area is 124 Å². The van der Waals surface area contributed by atoms with Crippen LogP contribution in [-0.4, -0.2) is 12.5 Å². The number of rotatable bonds is 4. The maximum absolute atomic E-state index is 12.1. The maximum atomic E-state index is 12.1. The molecule has 21 heavy (non-hydrogen) atoms. The Bertz CT molecular complexity index is 645. The number of benzene rings is 2. The van der Waals surface area contributed by atoms with E-state index < -0.39 is 12.5 Å².